The molecule has 0 aliphatic carbocycles. The highest BCUT2D eigenvalue weighted by Gasteiger charge is 2.19. The van der Waals surface area contributed by atoms with Crippen LogP contribution in [0.25, 0.3) is 11.0 Å². The van der Waals surface area contributed by atoms with E-state index in [1.54, 1.807) is 0 Å². The third-order valence-corrected chi connectivity index (χ3v) is 3.24. The monoisotopic (exact) mass is 277 g/mol. The number of aromatic nitrogens is 2. The van der Waals surface area contributed by atoms with E-state index >= 15 is 0 Å². The molecule has 1 aliphatic rings. The third-order valence-electron chi connectivity index (χ3n) is 3.11. The molecule has 1 aromatic heterocycles. The maximum Gasteiger partial charge on any atom is 0.231 e. The normalized spacial score (nSPS) is 13.1. The number of rotatable bonds is 4. The summed E-state index contributed by atoms with van der Waals surface area (Å²) in [4.78, 5) is 5.10. The van der Waals surface area contributed by atoms with Crippen LogP contribution in [0.15, 0.2) is 12.1 Å². The van der Waals surface area contributed by atoms with Gasteiger partial charge in [-0.15, -0.1) is 0 Å². The smallest absolute Gasteiger partial charge is 0.231 e. The van der Waals surface area contributed by atoms with Crippen LogP contribution in [0.3, 0.4) is 0 Å². The Kier molecular flexibility index (Phi) is 3.02. The molecule has 1 aromatic carbocycles. The van der Waals surface area contributed by atoms with Crippen LogP contribution in [0.2, 0.25) is 0 Å². The molecule has 0 saturated heterocycles. The van der Waals surface area contributed by atoms with Crippen molar-refractivity contribution in [2.75, 3.05) is 6.79 Å². The maximum atomic E-state index is 5.68. The van der Waals surface area contributed by atoms with Crippen LogP contribution in [0.1, 0.15) is 19.2 Å². The van der Waals surface area contributed by atoms with Crippen molar-refractivity contribution in [2.24, 2.45) is 5.73 Å². The van der Waals surface area contributed by atoms with Crippen LogP contribution in [0.4, 0.5) is 0 Å². The van der Waals surface area contributed by atoms with Gasteiger partial charge in [-0.3, -0.25) is 0 Å². The Morgan fingerprint density at radius 2 is 2.16 bits per heavy atom. The lowest BCUT2D eigenvalue weighted by atomic mass is 10.2. The highest BCUT2D eigenvalue weighted by molar-refractivity contribution is 7.80. The van der Waals surface area contributed by atoms with E-state index in [0.717, 1.165) is 41.2 Å². The van der Waals surface area contributed by atoms with Crippen molar-refractivity contribution in [2.45, 2.75) is 26.3 Å². The molecule has 3 rings (SSSR count). The summed E-state index contributed by atoms with van der Waals surface area (Å²) in [6.07, 6.45) is 1.91. The first-order valence-electron chi connectivity index (χ1n) is 6.26. The van der Waals surface area contributed by atoms with E-state index < -0.39 is 0 Å². The van der Waals surface area contributed by atoms with E-state index in [9.17, 15) is 0 Å². The first kappa shape index (κ1) is 12.2. The number of thiocarbonyl (C=S) groups is 1. The summed E-state index contributed by atoms with van der Waals surface area (Å²) in [7, 11) is 0. The van der Waals surface area contributed by atoms with Crippen molar-refractivity contribution in [3.8, 4) is 11.5 Å². The Labute approximate surface area is 116 Å². The van der Waals surface area contributed by atoms with E-state index in [2.05, 4.69) is 16.5 Å². The molecular formula is C13H15N3O2S. The molecule has 0 fully saturated rings. The zero-order valence-electron chi connectivity index (χ0n) is 10.7. The van der Waals surface area contributed by atoms with Gasteiger partial charge in [-0.05, 0) is 6.42 Å². The molecule has 0 spiro atoms. The first-order valence-corrected chi connectivity index (χ1v) is 6.67. The Morgan fingerprint density at radius 1 is 1.42 bits per heavy atom. The van der Waals surface area contributed by atoms with Gasteiger partial charge in [-0.2, -0.15) is 0 Å². The van der Waals surface area contributed by atoms with Gasteiger partial charge in [0.1, 0.15) is 5.82 Å². The van der Waals surface area contributed by atoms with Crippen LogP contribution >= 0.6 is 12.2 Å². The predicted octanol–water partition coefficient (Wildman–Crippen LogP) is 2.00. The molecule has 19 heavy (non-hydrogen) atoms. The Bertz CT molecular complexity index is 651. The number of fused-ring (bicyclic) bond motifs is 2. The van der Waals surface area contributed by atoms with Gasteiger partial charge < -0.3 is 19.8 Å². The second-order valence-electron chi connectivity index (χ2n) is 4.52. The lowest BCUT2D eigenvalue weighted by molar-refractivity contribution is 0.174. The molecule has 5 nitrogen and oxygen atoms in total. The lowest BCUT2D eigenvalue weighted by Gasteiger charge is -2.07. The van der Waals surface area contributed by atoms with Crippen molar-refractivity contribution in [1.29, 1.82) is 0 Å². The fourth-order valence-electron chi connectivity index (χ4n) is 2.31. The summed E-state index contributed by atoms with van der Waals surface area (Å²) >= 11 is 5.02. The second-order valence-corrected chi connectivity index (χ2v) is 5.05. The van der Waals surface area contributed by atoms with Gasteiger partial charge in [0.15, 0.2) is 11.5 Å². The fourth-order valence-corrected chi connectivity index (χ4v) is 2.44. The lowest BCUT2D eigenvalue weighted by Crippen LogP contribution is -2.18. The van der Waals surface area contributed by atoms with Crippen LogP contribution < -0.4 is 15.2 Å². The molecule has 6 heteroatoms. The van der Waals surface area contributed by atoms with Crippen molar-refractivity contribution in [3.05, 3.63) is 18.0 Å². The van der Waals surface area contributed by atoms with Gasteiger partial charge in [0.2, 0.25) is 6.79 Å². The van der Waals surface area contributed by atoms with Crippen molar-refractivity contribution >= 4 is 28.2 Å². The zero-order valence-corrected chi connectivity index (χ0v) is 11.5. The molecule has 0 bridgehead atoms. The van der Waals surface area contributed by atoms with Crippen LogP contribution in [0, 0.1) is 0 Å². The summed E-state index contributed by atoms with van der Waals surface area (Å²) in [6, 6.07) is 3.86. The van der Waals surface area contributed by atoms with E-state index in [-0.39, 0.29) is 6.79 Å². The molecule has 2 heterocycles. The average molecular weight is 277 g/mol. The van der Waals surface area contributed by atoms with Gasteiger partial charge in [-0.1, -0.05) is 19.1 Å². The molecule has 1 aliphatic heterocycles. The number of hydrogen-bond acceptors (Lipinski definition) is 4. The third kappa shape index (κ3) is 2.12. The molecule has 0 radical (unpaired) electrons. The number of ether oxygens (including phenoxy) is 2. The molecule has 2 N–H and O–H groups in total. The summed E-state index contributed by atoms with van der Waals surface area (Å²) in [6.45, 7) is 2.89. The second kappa shape index (κ2) is 4.70. The minimum atomic E-state index is 0.263. The zero-order chi connectivity index (χ0) is 13.4. The number of imidazole rings is 1. The number of hydrogen-bond donors (Lipinski definition) is 1. The number of nitrogens with two attached hydrogens (primary N) is 1. The molecule has 100 valence electrons. The largest absolute Gasteiger partial charge is 0.454 e. The van der Waals surface area contributed by atoms with E-state index in [1.807, 2.05) is 12.1 Å². The van der Waals surface area contributed by atoms with Crippen molar-refractivity contribution in [1.82, 2.24) is 9.55 Å². The first-order chi connectivity index (χ1) is 9.19. The number of aryl methyl sites for hydroxylation is 1. The number of nitrogens with zero attached hydrogens (tertiary/aromatic N) is 2. The molecule has 0 amide bonds. The van der Waals surface area contributed by atoms with Crippen molar-refractivity contribution < 1.29 is 9.47 Å². The minimum absolute atomic E-state index is 0.263. The van der Waals surface area contributed by atoms with Crippen LogP contribution in [0.5, 0.6) is 11.5 Å². The minimum Gasteiger partial charge on any atom is -0.454 e. The highest BCUT2D eigenvalue weighted by Crippen LogP contribution is 2.36. The Hall–Kier alpha value is -1.82. The highest BCUT2D eigenvalue weighted by atomic mass is 32.1. The van der Waals surface area contributed by atoms with Gasteiger partial charge in [-0.25, -0.2) is 4.98 Å². The van der Waals surface area contributed by atoms with Gasteiger partial charge >= 0.3 is 0 Å². The quantitative estimate of drug-likeness (QED) is 0.866. The topological polar surface area (TPSA) is 62.3 Å². The maximum absolute atomic E-state index is 5.68. The van der Waals surface area contributed by atoms with E-state index in [0.29, 0.717) is 11.5 Å². The summed E-state index contributed by atoms with van der Waals surface area (Å²) in [5.41, 5.74) is 7.56. The van der Waals surface area contributed by atoms with Crippen LogP contribution in [-0.4, -0.2) is 21.3 Å². The molecule has 0 saturated carbocycles. The van der Waals surface area contributed by atoms with Gasteiger partial charge in [0.25, 0.3) is 0 Å². The molecule has 0 atom stereocenters. The Morgan fingerprint density at radius 3 is 2.84 bits per heavy atom. The molecule has 2 aromatic rings. The van der Waals surface area contributed by atoms with E-state index in [4.69, 9.17) is 27.4 Å². The summed E-state index contributed by atoms with van der Waals surface area (Å²) in [5.74, 6) is 2.49. The summed E-state index contributed by atoms with van der Waals surface area (Å²) in [5, 5.41) is 0. The van der Waals surface area contributed by atoms with Gasteiger partial charge in [0.05, 0.1) is 22.6 Å². The molecular weight excluding hydrogens is 262 g/mol. The standard InChI is InChI=1S/C13H15N3O2S/c1-2-3-13-15-8-4-10-11(18-7-17-10)5-9(8)16(13)6-12(14)19/h4-5H,2-3,6-7H2,1H3,(H2,14,19). The fraction of sp³-hybridized carbons (Fsp3) is 0.385. The van der Waals surface area contributed by atoms with E-state index in [1.165, 1.54) is 0 Å². The SMILES string of the molecule is CCCc1nc2cc3c(cc2n1CC(N)=S)OCO3. The predicted molar refractivity (Wildman–Crippen MR) is 76.6 cm³/mol. The average Bonchev–Trinajstić information content (AvgIpc) is 2.92. The van der Waals surface area contributed by atoms with Gasteiger partial charge in [0, 0.05) is 18.6 Å². The van der Waals surface area contributed by atoms with Crippen molar-refractivity contribution in [3.63, 3.8) is 0 Å². The summed E-state index contributed by atoms with van der Waals surface area (Å²) < 4.78 is 12.8. The number of benzene rings is 1. The Balaban J connectivity index is 2.17. The molecule has 0 unspecified atom stereocenters. The van der Waals surface area contributed by atoms with Crippen LogP contribution in [-0.2, 0) is 13.0 Å².